The van der Waals surface area contributed by atoms with E-state index in [0.29, 0.717) is 11.1 Å². The number of para-hydroxylation sites is 2. The number of allylic oxidation sites excluding steroid dienone is 2. The molecule has 4 heteroatoms. The van der Waals surface area contributed by atoms with Crippen LogP contribution in [-0.2, 0) is 5.41 Å². The summed E-state index contributed by atoms with van der Waals surface area (Å²) in [5.74, 6) is -0.677. The summed E-state index contributed by atoms with van der Waals surface area (Å²) in [6, 6.07) is 9.60. The second kappa shape index (κ2) is 5.64. The largest absolute Gasteiger partial charge is 0.504 e. The van der Waals surface area contributed by atoms with Crippen LogP contribution < -0.4 is 0 Å². The highest BCUT2D eigenvalue weighted by Crippen LogP contribution is 2.40. The van der Waals surface area contributed by atoms with E-state index in [9.17, 15) is 20.4 Å². The van der Waals surface area contributed by atoms with Crippen LogP contribution in [-0.4, -0.2) is 20.4 Å². The lowest BCUT2D eigenvalue weighted by Gasteiger charge is -2.24. The first-order valence-corrected chi connectivity index (χ1v) is 6.96. The van der Waals surface area contributed by atoms with Gasteiger partial charge in [-0.05, 0) is 24.6 Å². The Bertz CT molecular complexity index is 730. The molecular weight excluding hydrogens is 280 g/mol. The van der Waals surface area contributed by atoms with Crippen LogP contribution >= 0.6 is 0 Å². The molecule has 0 amide bonds. The molecule has 0 aliphatic carbocycles. The van der Waals surface area contributed by atoms with Gasteiger partial charge in [0.25, 0.3) is 0 Å². The van der Waals surface area contributed by atoms with Crippen LogP contribution in [0.4, 0.5) is 0 Å². The molecule has 0 heterocycles. The van der Waals surface area contributed by atoms with Crippen molar-refractivity contribution < 1.29 is 20.4 Å². The standard InChI is InChI=1S/C18H20O4/c1-11(12-6-4-8-14(19)16(12)21)10-18(2,3)13-7-5-9-15(20)17(13)22/h4-10,19-22H,1-3H3/b11-10-. The summed E-state index contributed by atoms with van der Waals surface area (Å²) in [5, 5.41) is 39.2. The van der Waals surface area contributed by atoms with Gasteiger partial charge in [0.15, 0.2) is 23.0 Å². The van der Waals surface area contributed by atoms with E-state index in [1.807, 2.05) is 26.8 Å². The molecule has 2 aromatic rings. The van der Waals surface area contributed by atoms with E-state index < -0.39 is 5.41 Å². The van der Waals surface area contributed by atoms with Crippen molar-refractivity contribution in [1.29, 1.82) is 0 Å². The van der Waals surface area contributed by atoms with Crippen molar-refractivity contribution in [3.63, 3.8) is 0 Å². The molecule has 2 aromatic carbocycles. The molecule has 0 spiro atoms. The third-order valence-corrected chi connectivity index (χ3v) is 3.73. The topological polar surface area (TPSA) is 80.9 Å². The van der Waals surface area contributed by atoms with E-state index in [0.717, 1.165) is 5.57 Å². The quantitative estimate of drug-likeness (QED) is 0.648. The molecule has 0 fully saturated rings. The minimum absolute atomic E-state index is 0.156. The van der Waals surface area contributed by atoms with E-state index in [1.54, 1.807) is 24.3 Å². The van der Waals surface area contributed by atoms with E-state index in [1.165, 1.54) is 12.1 Å². The SMILES string of the molecule is C/C(=C/C(C)(C)c1cccc(O)c1O)c1cccc(O)c1O. The van der Waals surface area contributed by atoms with Crippen molar-refractivity contribution in [2.45, 2.75) is 26.2 Å². The van der Waals surface area contributed by atoms with Crippen molar-refractivity contribution in [3.8, 4) is 23.0 Å². The minimum Gasteiger partial charge on any atom is -0.504 e. The molecule has 0 bridgehead atoms. The summed E-state index contributed by atoms with van der Waals surface area (Å²) in [5.41, 5.74) is 1.27. The summed E-state index contributed by atoms with van der Waals surface area (Å²) < 4.78 is 0. The van der Waals surface area contributed by atoms with Crippen LogP contribution in [0.15, 0.2) is 42.5 Å². The van der Waals surface area contributed by atoms with Gasteiger partial charge in [0.05, 0.1) is 0 Å². The monoisotopic (exact) mass is 300 g/mol. The van der Waals surface area contributed by atoms with Gasteiger partial charge in [0.2, 0.25) is 0 Å². The molecule has 22 heavy (non-hydrogen) atoms. The molecule has 116 valence electrons. The highest BCUT2D eigenvalue weighted by atomic mass is 16.3. The van der Waals surface area contributed by atoms with Gasteiger partial charge in [-0.3, -0.25) is 0 Å². The molecule has 0 atom stereocenters. The Morgan fingerprint density at radius 2 is 1.41 bits per heavy atom. The molecule has 4 N–H and O–H groups in total. The van der Waals surface area contributed by atoms with Crippen LogP contribution in [0.2, 0.25) is 0 Å². The third kappa shape index (κ3) is 2.86. The van der Waals surface area contributed by atoms with Gasteiger partial charge in [0, 0.05) is 16.5 Å². The predicted molar refractivity (Wildman–Crippen MR) is 86.2 cm³/mol. The van der Waals surface area contributed by atoms with Gasteiger partial charge in [-0.25, -0.2) is 0 Å². The number of phenolic OH excluding ortho intramolecular Hbond substituents is 4. The lowest BCUT2D eigenvalue weighted by Crippen LogP contribution is -2.14. The molecule has 4 nitrogen and oxygen atoms in total. The van der Waals surface area contributed by atoms with Gasteiger partial charge < -0.3 is 20.4 Å². The molecule has 0 radical (unpaired) electrons. The molecule has 0 saturated heterocycles. The van der Waals surface area contributed by atoms with E-state index in [-0.39, 0.29) is 23.0 Å². The second-order valence-corrected chi connectivity index (χ2v) is 5.90. The Kier molecular flexibility index (Phi) is 4.04. The Labute approximate surface area is 129 Å². The average molecular weight is 300 g/mol. The molecule has 0 aliphatic rings. The third-order valence-electron chi connectivity index (χ3n) is 3.73. The highest BCUT2D eigenvalue weighted by molar-refractivity contribution is 5.72. The average Bonchev–Trinajstić information content (AvgIpc) is 2.44. The Hall–Kier alpha value is -2.62. The summed E-state index contributed by atoms with van der Waals surface area (Å²) in [7, 11) is 0. The van der Waals surface area contributed by atoms with Crippen molar-refractivity contribution in [2.24, 2.45) is 0 Å². The van der Waals surface area contributed by atoms with Gasteiger partial charge >= 0.3 is 0 Å². The maximum absolute atomic E-state index is 10.0. The maximum Gasteiger partial charge on any atom is 0.165 e. The number of aromatic hydroxyl groups is 4. The zero-order chi connectivity index (χ0) is 16.5. The van der Waals surface area contributed by atoms with E-state index in [4.69, 9.17) is 0 Å². The van der Waals surface area contributed by atoms with Crippen molar-refractivity contribution in [1.82, 2.24) is 0 Å². The zero-order valence-corrected chi connectivity index (χ0v) is 12.8. The number of benzene rings is 2. The first-order chi connectivity index (χ1) is 10.2. The summed E-state index contributed by atoms with van der Waals surface area (Å²) in [6.07, 6.45) is 1.87. The first kappa shape index (κ1) is 15.8. The van der Waals surface area contributed by atoms with E-state index in [2.05, 4.69) is 0 Å². The number of hydrogen-bond acceptors (Lipinski definition) is 4. The van der Waals surface area contributed by atoms with Crippen LogP contribution in [0.25, 0.3) is 5.57 Å². The minimum atomic E-state index is -0.579. The summed E-state index contributed by atoms with van der Waals surface area (Å²) in [6.45, 7) is 5.60. The first-order valence-electron chi connectivity index (χ1n) is 6.96. The molecule has 0 unspecified atom stereocenters. The predicted octanol–water partition coefficient (Wildman–Crippen LogP) is 3.89. The molecule has 2 rings (SSSR count). The van der Waals surface area contributed by atoms with Gasteiger partial charge in [0.1, 0.15) is 0 Å². The number of phenols is 4. The zero-order valence-electron chi connectivity index (χ0n) is 12.8. The van der Waals surface area contributed by atoms with Gasteiger partial charge in [-0.15, -0.1) is 0 Å². The van der Waals surface area contributed by atoms with Gasteiger partial charge in [-0.2, -0.15) is 0 Å². The lowest BCUT2D eigenvalue weighted by molar-refractivity contribution is 0.393. The summed E-state index contributed by atoms with van der Waals surface area (Å²) >= 11 is 0. The molecule has 0 aromatic heterocycles. The van der Waals surface area contributed by atoms with E-state index >= 15 is 0 Å². The number of rotatable bonds is 3. The van der Waals surface area contributed by atoms with Crippen LogP contribution in [0.3, 0.4) is 0 Å². The molecule has 0 saturated carbocycles. The van der Waals surface area contributed by atoms with Crippen LogP contribution in [0.5, 0.6) is 23.0 Å². The fraction of sp³-hybridized carbons (Fsp3) is 0.222. The summed E-state index contributed by atoms with van der Waals surface area (Å²) in [4.78, 5) is 0. The van der Waals surface area contributed by atoms with Crippen molar-refractivity contribution in [2.75, 3.05) is 0 Å². The second-order valence-electron chi connectivity index (χ2n) is 5.90. The van der Waals surface area contributed by atoms with Crippen LogP contribution in [0, 0.1) is 0 Å². The normalized spacial score (nSPS) is 12.4. The fourth-order valence-corrected chi connectivity index (χ4v) is 2.60. The highest BCUT2D eigenvalue weighted by Gasteiger charge is 2.24. The maximum atomic E-state index is 10.0. The smallest absolute Gasteiger partial charge is 0.165 e. The Morgan fingerprint density at radius 3 is 2.05 bits per heavy atom. The van der Waals surface area contributed by atoms with Crippen molar-refractivity contribution >= 4 is 5.57 Å². The number of hydrogen-bond donors (Lipinski definition) is 4. The van der Waals surface area contributed by atoms with Crippen molar-refractivity contribution in [3.05, 3.63) is 53.6 Å². The fourth-order valence-electron chi connectivity index (χ4n) is 2.60. The lowest BCUT2D eigenvalue weighted by atomic mass is 9.81. The van der Waals surface area contributed by atoms with Crippen LogP contribution in [0.1, 0.15) is 31.9 Å². The Balaban J connectivity index is 2.50. The Morgan fingerprint density at radius 1 is 0.864 bits per heavy atom. The van der Waals surface area contributed by atoms with Gasteiger partial charge in [-0.1, -0.05) is 44.2 Å². The molecule has 0 aliphatic heterocycles. The molecular formula is C18H20O4.